The lowest BCUT2D eigenvalue weighted by molar-refractivity contribution is 0.123. The molecule has 0 radical (unpaired) electrons. The predicted octanol–water partition coefficient (Wildman–Crippen LogP) is 2.58. The van der Waals surface area contributed by atoms with E-state index in [1.165, 1.54) is 5.56 Å². The highest BCUT2D eigenvalue weighted by Gasteiger charge is 1.93. The van der Waals surface area contributed by atoms with Gasteiger partial charge in [0.1, 0.15) is 0 Å². The molecule has 3 heteroatoms. The van der Waals surface area contributed by atoms with Crippen LogP contribution in [-0.4, -0.2) is 19.7 Å². The second-order valence-electron chi connectivity index (χ2n) is 3.04. The summed E-state index contributed by atoms with van der Waals surface area (Å²) in [7, 11) is 0. The maximum absolute atomic E-state index is 5.49. The first-order chi connectivity index (χ1) is 6.83. The molecular formula is C11H16BrNO. The minimum absolute atomic E-state index is 0.685. The molecule has 0 heterocycles. The van der Waals surface area contributed by atoms with Gasteiger partial charge in [-0.05, 0) is 24.2 Å². The molecule has 1 N–H and O–H groups in total. The second-order valence-corrected chi connectivity index (χ2v) is 3.95. The molecule has 0 unspecified atom stereocenters. The van der Waals surface area contributed by atoms with Gasteiger partial charge in [0.15, 0.2) is 0 Å². The van der Waals surface area contributed by atoms with Gasteiger partial charge in [-0.3, -0.25) is 0 Å². The lowest BCUT2D eigenvalue weighted by Crippen LogP contribution is -2.18. The highest BCUT2D eigenvalue weighted by atomic mass is 79.9. The average molecular weight is 258 g/mol. The first-order valence-corrected chi connectivity index (χ1v) is 5.65. The molecule has 1 rings (SSSR count). The molecule has 1 aromatic rings. The lowest BCUT2D eigenvalue weighted by atomic mass is 10.2. The van der Waals surface area contributed by atoms with Crippen LogP contribution in [0.1, 0.15) is 12.5 Å². The molecule has 0 aromatic heterocycles. The summed E-state index contributed by atoms with van der Waals surface area (Å²) >= 11 is 3.43. The molecule has 2 nitrogen and oxygen atoms in total. The van der Waals surface area contributed by atoms with E-state index in [2.05, 4.69) is 40.3 Å². The highest BCUT2D eigenvalue weighted by Crippen LogP contribution is 2.11. The van der Waals surface area contributed by atoms with Gasteiger partial charge in [-0.1, -0.05) is 35.0 Å². The fraction of sp³-hybridized carbons (Fsp3) is 0.455. The Bertz CT molecular complexity index is 265. The molecule has 0 spiro atoms. The van der Waals surface area contributed by atoms with Crippen LogP contribution in [0.25, 0.3) is 0 Å². The Labute approximate surface area is 93.8 Å². The molecule has 0 saturated carbocycles. The fourth-order valence-electron chi connectivity index (χ4n) is 1.14. The van der Waals surface area contributed by atoms with Crippen LogP contribution >= 0.6 is 15.9 Å². The van der Waals surface area contributed by atoms with Crippen molar-refractivity contribution in [3.05, 3.63) is 34.3 Å². The summed E-state index contributed by atoms with van der Waals surface area (Å²) in [5, 5.41) is 3.21. The Balaban J connectivity index is 2.18. The Morgan fingerprint density at radius 1 is 1.43 bits per heavy atom. The number of nitrogens with one attached hydrogen (secondary N) is 1. The average Bonchev–Trinajstić information content (AvgIpc) is 2.18. The highest BCUT2D eigenvalue weighted by molar-refractivity contribution is 9.10. The summed E-state index contributed by atoms with van der Waals surface area (Å²) in [5.74, 6) is 0. The number of ether oxygens (including phenoxy) is 1. The van der Waals surface area contributed by atoms with E-state index in [4.69, 9.17) is 4.74 Å². The second kappa shape index (κ2) is 6.98. The van der Waals surface area contributed by atoms with Crippen LogP contribution in [0.3, 0.4) is 0 Å². The normalized spacial score (nSPS) is 10.4. The molecule has 1 aromatic carbocycles. The van der Waals surface area contributed by atoms with E-state index in [1.54, 1.807) is 0 Å². The standard InChI is InChI=1S/C11H16BrNO/c1-2-13-6-7-14-9-10-4-3-5-11(12)8-10/h3-5,8,13H,2,6-7,9H2,1H3. The van der Waals surface area contributed by atoms with Gasteiger partial charge in [0.25, 0.3) is 0 Å². The summed E-state index contributed by atoms with van der Waals surface area (Å²) < 4.78 is 6.60. The van der Waals surface area contributed by atoms with Crippen molar-refractivity contribution in [2.45, 2.75) is 13.5 Å². The van der Waals surface area contributed by atoms with Crippen LogP contribution in [-0.2, 0) is 11.3 Å². The Morgan fingerprint density at radius 2 is 2.29 bits per heavy atom. The Morgan fingerprint density at radius 3 is 3.00 bits per heavy atom. The number of benzene rings is 1. The summed E-state index contributed by atoms with van der Waals surface area (Å²) in [6.07, 6.45) is 0. The summed E-state index contributed by atoms with van der Waals surface area (Å²) in [6, 6.07) is 8.18. The van der Waals surface area contributed by atoms with E-state index in [1.807, 2.05) is 12.1 Å². The summed E-state index contributed by atoms with van der Waals surface area (Å²) in [5.41, 5.74) is 1.20. The zero-order valence-electron chi connectivity index (χ0n) is 8.42. The minimum Gasteiger partial charge on any atom is -0.375 e. The zero-order chi connectivity index (χ0) is 10.2. The van der Waals surface area contributed by atoms with E-state index < -0.39 is 0 Å². The lowest BCUT2D eigenvalue weighted by Gasteiger charge is -2.04. The van der Waals surface area contributed by atoms with Crippen LogP contribution in [0.4, 0.5) is 0 Å². The first-order valence-electron chi connectivity index (χ1n) is 4.86. The molecule has 0 aliphatic heterocycles. The third-order valence-electron chi connectivity index (χ3n) is 1.83. The van der Waals surface area contributed by atoms with Crippen LogP contribution in [0.2, 0.25) is 0 Å². The van der Waals surface area contributed by atoms with Crippen molar-refractivity contribution < 1.29 is 4.74 Å². The molecule has 0 aliphatic rings. The minimum atomic E-state index is 0.685. The topological polar surface area (TPSA) is 21.3 Å². The van der Waals surface area contributed by atoms with Gasteiger partial charge in [0.2, 0.25) is 0 Å². The van der Waals surface area contributed by atoms with Crippen molar-refractivity contribution in [2.24, 2.45) is 0 Å². The third kappa shape index (κ3) is 4.74. The Kier molecular flexibility index (Phi) is 5.83. The van der Waals surface area contributed by atoms with Crippen molar-refractivity contribution in [3.8, 4) is 0 Å². The van der Waals surface area contributed by atoms with E-state index in [9.17, 15) is 0 Å². The molecule has 78 valence electrons. The first kappa shape index (κ1) is 11.7. The molecular weight excluding hydrogens is 242 g/mol. The van der Waals surface area contributed by atoms with Gasteiger partial charge in [0.05, 0.1) is 13.2 Å². The SMILES string of the molecule is CCNCCOCc1cccc(Br)c1. The monoisotopic (exact) mass is 257 g/mol. The van der Waals surface area contributed by atoms with Crippen molar-refractivity contribution in [2.75, 3.05) is 19.7 Å². The van der Waals surface area contributed by atoms with Crippen LogP contribution in [0.5, 0.6) is 0 Å². The van der Waals surface area contributed by atoms with Crippen molar-refractivity contribution >= 4 is 15.9 Å². The molecule has 14 heavy (non-hydrogen) atoms. The zero-order valence-corrected chi connectivity index (χ0v) is 10.0. The van der Waals surface area contributed by atoms with Gasteiger partial charge in [-0.25, -0.2) is 0 Å². The largest absolute Gasteiger partial charge is 0.375 e. The number of halogens is 1. The maximum Gasteiger partial charge on any atom is 0.0717 e. The number of hydrogen-bond acceptors (Lipinski definition) is 2. The molecule has 0 amide bonds. The van der Waals surface area contributed by atoms with E-state index in [-0.39, 0.29) is 0 Å². The molecule has 0 bridgehead atoms. The van der Waals surface area contributed by atoms with Crippen LogP contribution in [0, 0.1) is 0 Å². The molecule has 0 fully saturated rings. The van der Waals surface area contributed by atoms with Crippen LogP contribution < -0.4 is 5.32 Å². The van der Waals surface area contributed by atoms with E-state index >= 15 is 0 Å². The molecule has 0 atom stereocenters. The maximum atomic E-state index is 5.49. The molecule has 0 aliphatic carbocycles. The predicted molar refractivity (Wildman–Crippen MR) is 62.3 cm³/mol. The van der Waals surface area contributed by atoms with Gasteiger partial charge < -0.3 is 10.1 Å². The van der Waals surface area contributed by atoms with Crippen molar-refractivity contribution in [3.63, 3.8) is 0 Å². The van der Waals surface area contributed by atoms with Gasteiger partial charge in [-0.2, -0.15) is 0 Å². The third-order valence-corrected chi connectivity index (χ3v) is 2.32. The summed E-state index contributed by atoms with van der Waals surface area (Å²) in [6.45, 7) is 5.46. The molecule has 0 saturated heterocycles. The van der Waals surface area contributed by atoms with Gasteiger partial charge in [-0.15, -0.1) is 0 Å². The van der Waals surface area contributed by atoms with Crippen molar-refractivity contribution in [1.82, 2.24) is 5.32 Å². The number of likely N-dealkylation sites (N-methyl/N-ethyl adjacent to an activating group) is 1. The van der Waals surface area contributed by atoms with Gasteiger partial charge in [0, 0.05) is 11.0 Å². The van der Waals surface area contributed by atoms with Crippen molar-refractivity contribution in [1.29, 1.82) is 0 Å². The quantitative estimate of drug-likeness (QED) is 0.792. The van der Waals surface area contributed by atoms with E-state index in [0.717, 1.165) is 24.2 Å². The number of hydrogen-bond donors (Lipinski definition) is 1. The number of rotatable bonds is 6. The Hall–Kier alpha value is -0.380. The van der Waals surface area contributed by atoms with Gasteiger partial charge >= 0.3 is 0 Å². The fourth-order valence-corrected chi connectivity index (χ4v) is 1.58. The van der Waals surface area contributed by atoms with Crippen LogP contribution in [0.15, 0.2) is 28.7 Å². The smallest absolute Gasteiger partial charge is 0.0717 e. The summed E-state index contributed by atoms with van der Waals surface area (Å²) in [4.78, 5) is 0. The van der Waals surface area contributed by atoms with E-state index in [0.29, 0.717) is 6.61 Å².